The van der Waals surface area contributed by atoms with Crippen molar-refractivity contribution in [3.8, 4) is 5.75 Å². The monoisotopic (exact) mass is 441 g/mol. The standard InChI is InChI=1S/C21H19N3O6S/c1-29-14-8-6-13(7-9-14)22-20(28)23-17(25)12-30-19(27)21-11-10-18(26)24(21)15-4-2-3-5-16(15)31-21/h2-9H,10-12H2,1H3,(H2,22,23,25,28). The summed E-state index contributed by atoms with van der Waals surface area (Å²) < 4.78 is 10.2. The van der Waals surface area contributed by atoms with Gasteiger partial charge in [-0.05, 0) is 36.4 Å². The lowest BCUT2D eigenvalue weighted by Gasteiger charge is -2.28. The molecule has 10 heteroatoms. The van der Waals surface area contributed by atoms with Crippen LogP contribution in [0.15, 0.2) is 53.4 Å². The summed E-state index contributed by atoms with van der Waals surface area (Å²) in [6, 6.07) is 13.0. The molecule has 2 aromatic rings. The lowest BCUT2D eigenvalue weighted by Crippen LogP contribution is -2.48. The fraction of sp³-hybridized carbons (Fsp3) is 0.238. The number of imide groups is 1. The topological polar surface area (TPSA) is 114 Å². The molecule has 31 heavy (non-hydrogen) atoms. The van der Waals surface area contributed by atoms with Crippen molar-refractivity contribution >= 4 is 47.0 Å². The van der Waals surface area contributed by atoms with E-state index >= 15 is 0 Å². The second-order valence-corrected chi connectivity index (χ2v) is 8.21. The molecule has 2 aliphatic heterocycles. The van der Waals surface area contributed by atoms with E-state index in [1.54, 1.807) is 36.4 Å². The average Bonchev–Trinajstić information content (AvgIpc) is 3.28. The molecule has 4 rings (SSSR count). The second kappa shape index (κ2) is 8.31. The molecule has 160 valence electrons. The minimum absolute atomic E-state index is 0.169. The summed E-state index contributed by atoms with van der Waals surface area (Å²) in [5.74, 6) is -1.02. The van der Waals surface area contributed by atoms with Crippen molar-refractivity contribution in [3.05, 3.63) is 48.5 Å². The summed E-state index contributed by atoms with van der Waals surface area (Å²) in [6.07, 6.45) is 0.497. The van der Waals surface area contributed by atoms with E-state index in [1.165, 1.54) is 23.8 Å². The van der Waals surface area contributed by atoms with E-state index in [9.17, 15) is 19.2 Å². The molecule has 2 N–H and O–H groups in total. The highest BCUT2D eigenvalue weighted by Gasteiger charge is 2.58. The minimum Gasteiger partial charge on any atom is -0.497 e. The number of ether oxygens (including phenoxy) is 2. The molecule has 2 heterocycles. The smallest absolute Gasteiger partial charge is 0.344 e. The van der Waals surface area contributed by atoms with Crippen LogP contribution in [0.25, 0.3) is 0 Å². The molecule has 0 aliphatic carbocycles. The Morgan fingerprint density at radius 3 is 2.61 bits per heavy atom. The van der Waals surface area contributed by atoms with Crippen molar-refractivity contribution in [3.63, 3.8) is 0 Å². The molecular weight excluding hydrogens is 422 g/mol. The number of benzene rings is 2. The van der Waals surface area contributed by atoms with Crippen LogP contribution < -0.4 is 20.3 Å². The van der Waals surface area contributed by atoms with Gasteiger partial charge in [0, 0.05) is 23.4 Å². The largest absolute Gasteiger partial charge is 0.497 e. The first-order valence-corrected chi connectivity index (χ1v) is 10.3. The van der Waals surface area contributed by atoms with Crippen molar-refractivity contribution in [1.82, 2.24) is 5.32 Å². The number of fused-ring (bicyclic) bond motifs is 3. The molecule has 0 aromatic heterocycles. The summed E-state index contributed by atoms with van der Waals surface area (Å²) in [7, 11) is 1.53. The molecule has 9 nitrogen and oxygen atoms in total. The van der Waals surface area contributed by atoms with Crippen LogP contribution in [0.2, 0.25) is 0 Å². The Bertz CT molecular complexity index is 1060. The van der Waals surface area contributed by atoms with E-state index in [4.69, 9.17) is 9.47 Å². The van der Waals surface area contributed by atoms with Gasteiger partial charge in [-0.25, -0.2) is 9.59 Å². The molecule has 1 unspecified atom stereocenters. The Kier molecular flexibility index (Phi) is 5.55. The number of hydrogen-bond donors (Lipinski definition) is 2. The van der Waals surface area contributed by atoms with Crippen LogP contribution in [0.1, 0.15) is 12.8 Å². The third kappa shape index (κ3) is 3.93. The molecule has 4 amide bonds. The van der Waals surface area contributed by atoms with Gasteiger partial charge in [-0.2, -0.15) is 0 Å². The van der Waals surface area contributed by atoms with Crippen LogP contribution in [0.4, 0.5) is 16.2 Å². The Labute approximate surface area is 182 Å². The molecule has 2 aromatic carbocycles. The number of anilines is 2. The van der Waals surface area contributed by atoms with Gasteiger partial charge >= 0.3 is 12.0 Å². The first-order chi connectivity index (χ1) is 14.9. The number of esters is 1. The van der Waals surface area contributed by atoms with Crippen LogP contribution in [0.5, 0.6) is 5.75 Å². The number of urea groups is 1. The number of carbonyl (C=O) groups excluding carboxylic acids is 4. The third-order valence-electron chi connectivity index (χ3n) is 4.93. The first-order valence-electron chi connectivity index (χ1n) is 9.46. The van der Waals surface area contributed by atoms with Gasteiger partial charge in [0.1, 0.15) is 5.75 Å². The van der Waals surface area contributed by atoms with E-state index in [2.05, 4.69) is 10.6 Å². The second-order valence-electron chi connectivity index (χ2n) is 6.89. The van der Waals surface area contributed by atoms with Gasteiger partial charge in [-0.1, -0.05) is 23.9 Å². The molecule has 0 radical (unpaired) electrons. The zero-order valence-electron chi connectivity index (χ0n) is 16.5. The predicted octanol–water partition coefficient (Wildman–Crippen LogP) is 2.52. The zero-order chi connectivity index (χ0) is 22.0. The first kappa shape index (κ1) is 20.7. The maximum atomic E-state index is 12.9. The molecule has 1 atom stereocenters. The summed E-state index contributed by atoms with van der Waals surface area (Å²) in [6.45, 7) is -0.643. The Balaban J connectivity index is 1.33. The number of nitrogens with zero attached hydrogens (tertiary/aromatic N) is 1. The minimum atomic E-state index is -1.22. The maximum absolute atomic E-state index is 12.9. The maximum Gasteiger partial charge on any atom is 0.344 e. The summed E-state index contributed by atoms with van der Waals surface area (Å²) in [4.78, 5) is 50.4. The number of methoxy groups -OCH3 is 1. The van der Waals surface area contributed by atoms with Crippen LogP contribution in [-0.4, -0.2) is 42.4 Å². The highest BCUT2D eigenvalue weighted by atomic mass is 32.2. The Morgan fingerprint density at radius 2 is 1.87 bits per heavy atom. The van der Waals surface area contributed by atoms with Crippen molar-refractivity contribution in [2.24, 2.45) is 0 Å². The lowest BCUT2D eigenvalue weighted by atomic mass is 10.2. The van der Waals surface area contributed by atoms with Gasteiger partial charge in [-0.15, -0.1) is 0 Å². The summed E-state index contributed by atoms with van der Waals surface area (Å²) in [5.41, 5.74) is 1.12. The molecule has 0 saturated carbocycles. The van der Waals surface area contributed by atoms with Gasteiger partial charge in [0.2, 0.25) is 5.91 Å². The SMILES string of the molecule is COc1ccc(NC(=O)NC(=O)COC(=O)C23CCC(=O)N2c2ccccc2S3)cc1. The van der Waals surface area contributed by atoms with Crippen molar-refractivity contribution in [1.29, 1.82) is 0 Å². The highest BCUT2D eigenvalue weighted by molar-refractivity contribution is 8.02. The van der Waals surface area contributed by atoms with Crippen molar-refractivity contribution in [2.75, 3.05) is 23.9 Å². The van der Waals surface area contributed by atoms with E-state index in [1.807, 2.05) is 12.1 Å². The zero-order valence-corrected chi connectivity index (χ0v) is 17.4. The molecule has 1 saturated heterocycles. The van der Waals surface area contributed by atoms with E-state index < -0.39 is 29.4 Å². The molecule has 0 bridgehead atoms. The van der Waals surface area contributed by atoms with Gasteiger partial charge < -0.3 is 14.8 Å². The van der Waals surface area contributed by atoms with Gasteiger partial charge in [0.15, 0.2) is 11.5 Å². The van der Waals surface area contributed by atoms with Crippen LogP contribution in [0, 0.1) is 0 Å². The van der Waals surface area contributed by atoms with Gasteiger partial charge in [-0.3, -0.25) is 19.8 Å². The van der Waals surface area contributed by atoms with Gasteiger partial charge in [0.05, 0.1) is 12.8 Å². The quantitative estimate of drug-likeness (QED) is 0.686. The van der Waals surface area contributed by atoms with Crippen LogP contribution in [-0.2, 0) is 19.1 Å². The highest BCUT2D eigenvalue weighted by Crippen LogP contribution is 2.56. The fourth-order valence-corrected chi connectivity index (χ4v) is 4.93. The molecular formula is C21H19N3O6S. The normalized spacial score (nSPS) is 18.7. The predicted molar refractivity (Wildman–Crippen MR) is 113 cm³/mol. The molecule has 2 aliphatic rings. The van der Waals surface area contributed by atoms with E-state index in [0.29, 0.717) is 17.1 Å². The molecule has 0 spiro atoms. The number of para-hydroxylation sites is 1. The van der Waals surface area contributed by atoms with Crippen LogP contribution in [0.3, 0.4) is 0 Å². The van der Waals surface area contributed by atoms with E-state index in [-0.39, 0.29) is 18.7 Å². The van der Waals surface area contributed by atoms with Gasteiger partial charge in [0.25, 0.3) is 5.91 Å². The number of rotatable bonds is 5. The number of amides is 4. The number of thioether (sulfide) groups is 1. The fourth-order valence-electron chi connectivity index (χ4n) is 3.52. The number of nitrogens with one attached hydrogen (secondary N) is 2. The van der Waals surface area contributed by atoms with Crippen molar-refractivity contribution in [2.45, 2.75) is 22.6 Å². The molecule has 1 fully saturated rings. The third-order valence-corrected chi connectivity index (χ3v) is 6.38. The summed E-state index contributed by atoms with van der Waals surface area (Å²) >= 11 is 1.25. The number of carbonyl (C=O) groups is 4. The van der Waals surface area contributed by atoms with Crippen molar-refractivity contribution < 1.29 is 28.7 Å². The average molecular weight is 441 g/mol. The van der Waals surface area contributed by atoms with E-state index in [0.717, 1.165) is 4.90 Å². The van der Waals surface area contributed by atoms with Crippen LogP contribution >= 0.6 is 11.8 Å². The Hall–Kier alpha value is -3.53. The summed E-state index contributed by atoms with van der Waals surface area (Å²) in [5, 5.41) is 4.60. The number of hydrogen-bond acceptors (Lipinski definition) is 7. The lowest BCUT2D eigenvalue weighted by molar-refractivity contribution is -0.150. The Morgan fingerprint density at radius 1 is 1.13 bits per heavy atom.